The molecule has 0 radical (unpaired) electrons. The van der Waals surface area contributed by atoms with E-state index in [1.54, 1.807) is 17.5 Å². The molecule has 0 spiro atoms. The van der Waals surface area contributed by atoms with Crippen LogP contribution in [0.4, 0.5) is 5.82 Å². The number of nitrogens with two attached hydrogens (primary N) is 1. The Morgan fingerprint density at radius 2 is 2.14 bits per heavy atom. The molecule has 0 bridgehead atoms. The first kappa shape index (κ1) is 20.6. The first-order valence-corrected chi connectivity index (χ1v) is 9.99. The van der Waals surface area contributed by atoms with Gasteiger partial charge in [0.25, 0.3) is 5.56 Å². The molecule has 0 unspecified atom stereocenters. The number of nitrogens with one attached hydrogen (secondary N) is 1. The Bertz CT molecular complexity index is 1120. The van der Waals surface area contributed by atoms with Gasteiger partial charge in [-0.05, 0) is 18.1 Å². The number of rotatable bonds is 7. The molecule has 0 fully saturated rings. The minimum absolute atomic E-state index is 0.0667. The Kier molecular flexibility index (Phi) is 6.02. The summed E-state index contributed by atoms with van der Waals surface area (Å²) in [6.45, 7) is 4.59. The van der Waals surface area contributed by atoms with Gasteiger partial charge in [0.15, 0.2) is 0 Å². The third kappa shape index (κ3) is 4.48. The Hall–Kier alpha value is -3.14. The van der Waals surface area contributed by atoms with Crippen LogP contribution in [-0.2, 0) is 31.4 Å². The van der Waals surface area contributed by atoms with Crippen LogP contribution in [0, 0.1) is 5.92 Å². The lowest BCUT2D eigenvalue weighted by atomic mass is 10.2. The average molecular weight is 417 g/mol. The second-order valence-electron chi connectivity index (χ2n) is 7.07. The maximum absolute atomic E-state index is 12.7. The molecular weight excluding hydrogens is 394 g/mol. The van der Waals surface area contributed by atoms with Crippen LogP contribution >= 0.6 is 11.3 Å². The lowest BCUT2D eigenvalue weighted by molar-refractivity contribution is -0.120. The molecule has 3 aromatic rings. The van der Waals surface area contributed by atoms with E-state index in [0.29, 0.717) is 23.0 Å². The lowest BCUT2D eigenvalue weighted by Crippen LogP contribution is -2.41. The highest BCUT2D eigenvalue weighted by molar-refractivity contribution is 7.10. The van der Waals surface area contributed by atoms with E-state index in [4.69, 9.17) is 10.2 Å². The molecule has 9 nitrogen and oxygen atoms in total. The number of thiazole rings is 1. The molecule has 0 aliphatic heterocycles. The number of carbonyl (C=O) groups excluding carboxylic acids is 1. The van der Waals surface area contributed by atoms with Crippen molar-refractivity contribution in [3.63, 3.8) is 0 Å². The molecule has 0 saturated carbocycles. The van der Waals surface area contributed by atoms with Crippen LogP contribution in [-0.4, -0.2) is 20.0 Å². The first-order valence-electron chi connectivity index (χ1n) is 9.11. The Balaban J connectivity index is 1.84. The zero-order chi connectivity index (χ0) is 21.1. The standard InChI is InChI=1S/C19H23N5O4S/c1-11(2)9-24-17(20)16(18(26)23(3)19(24)27)13-10-29-15(22-13)7-14(25)21-8-12-5-4-6-28-12/h4-6,10-11H,7-9,20H2,1-3H3,(H,21,25). The van der Waals surface area contributed by atoms with E-state index in [0.717, 1.165) is 4.57 Å². The third-order valence-electron chi connectivity index (χ3n) is 4.29. The maximum Gasteiger partial charge on any atom is 0.332 e. The lowest BCUT2D eigenvalue weighted by Gasteiger charge is -2.15. The van der Waals surface area contributed by atoms with Crippen LogP contribution in [0.25, 0.3) is 11.3 Å². The summed E-state index contributed by atoms with van der Waals surface area (Å²) in [6.07, 6.45) is 1.61. The van der Waals surface area contributed by atoms with Crippen molar-refractivity contribution in [3.05, 3.63) is 55.4 Å². The molecular formula is C19H23N5O4S. The van der Waals surface area contributed by atoms with E-state index in [1.807, 2.05) is 13.8 Å². The summed E-state index contributed by atoms with van der Waals surface area (Å²) in [7, 11) is 1.42. The smallest absolute Gasteiger partial charge is 0.332 e. The molecule has 3 N–H and O–H groups in total. The SMILES string of the molecule is CC(C)Cn1c(N)c(-c2csc(CC(=O)NCc3ccco3)n2)c(=O)n(C)c1=O. The molecule has 0 aromatic carbocycles. The number of amides is 1. The molecule has 10 heteroatoms. The fourth-order valence-corrected chi connectivity index (χ4v) is 3.65. The van der Waals surface area contributed by atoms with Crippen LogP contribution in [0.15, 0.2) is 37.8 Å². The van der Waals surface area contributed by atoms with E-state index in [2.05, 4.69) is 10.3 Å². The first-order chi connectivity index (χ1) is 13.8. The minimum atomic E-state index is -0.508. The van der Waals surface area contributed by atoms with Gasteiger partial charge >= 0.3 is 5.69 Å². The molecule has 3 aromatic heterocycles. The van der Waals surface area contributed by atoms with Gasteiger partial charge in [0.2, 0.25) is 5.91 Å². The summed E-state index contributed by atoms with van der Waals surface area (Å²) in [4.78, 5) is 41.6. The van der Waals surface area contributed by atoms with Gasteiger partial charge in [-0.25, -0.2) is 9.78 Å². The van der Waals surface area contributed by atoms with E-state index < -0.39 is 11.2 Å². The zero-order valence-corrected chi connectivity index (χ0v) is 17.3. The molecule has 0 atom stereocenters. The number of aromatic nitrogens is 3. The summed E-state index contributed by atoms with van der Waals surface area (Å²) in [5.74, 6) is 0.699. The highest BCUT2D eigenvalue weighted by Gasteiger charge is 2.20. The fourth-order valence-electron chi connectivity index (χ4n) is 2.87. The Morgan fingerprint density at radius 3 is 2.79 bits per heavy atom. The second kappa shape index (κ2) is 8.48. The van der Waals surface area contributed by atoms with Crippen LogP contribution in [0.3, 0.4) is 0 Å². The van der Waals surface area contributed by atoms with Crippen LogP contribution < -0.4 is 22.3 Å². The molecule has 29 heavy (non-hydrogen) atoms. The van der Waals surface area contributed by atoms with Crippen LogP contribution in [0.1, 0.15) is 24.6 Å². The molecule has 3 rings (SSSR count). The maximum atomic E-state index is 12.7. The van der Waals surface area contributed by atoms with Crippen LogP contribution in [0.5, 0.6) is 0 Å². The van der Waals surface area contributed by atoms with Crippen molar-refractivity contribution in [2.45, 2.75) is 33.4 Å². The molecule has 0 aliphatic carbocycles. The minimum Gasteiger partial charge on any atom is -0.467 e. The van der Waals surface area contributed by atoms with Gasteiger partial charge in [-0.2, -0.15) is 0 Å². The molecule has 0 saturated heterocycles. The van der Waals surface area contributed by atoms with Gasteiger partial charge in [-0.15, -0.1) is 11.3 Å². The summed E-state index contributed by atoms with van der Waals surface area (Å²) in [5, 5.41) is 4.97. The third-order valence-corrected chi connectivity index (χ3v) is 5.14. The predicted octanol–water partition coefficient (Wildman–Crippen LogP) is 1.36. The highest BCUT2D eigenvalue weighted by Crippen LogP contribution is 2.24. The number of anilines is 1. The van der Waals surface area contributed by atoms with E-state index in [1.165, 1.54) is 29.2 Å². The van der Waals surface area contributed by atoms with Crippen molar-refractivity contribution in [1.29, 1.82) is 0 Å². The van der Waals surface area contributed by atoms with E-state index in [-0.39, 0.29) is 36.2 Å². The van der Waals surface area contributed by atoms with Crippen molar-refractivity contribution in [2.75, 3.05) is 5.73 Å². The summed E-state index contributed by atoms with van der Waals surface area (Å²) < 4.78 is 7.59. The van der Waals surface area contributed by atoms with Crippen molar-refractivity contribution in [1.82, 2.24) is 19.4 Å². The molecule has 3 heterocycles. The molecule has 0 aliphatic rings. The average Bonchev–Trinajstić information content (AvgIpc) is 3.34. The van der Waals surface area contributed by atoms with Gasteiger partial charge in [0.1, 0.15) is 22.1 Å². The van der Waals surface area contributed by atoms with Crippen molar-refractivity contribution >= 4 is 23.1 Å². The monoisotopic (exact) mass is 417 g/mol. The van der Waals surface area contributed by atoms with Crippen LogP contribution in [0.2, 0.25) is 0 Å². The van der Waals surface area contributed by atoms with Gasteiger partial charge in [-0.1, -0.05) is 13.8 Å². The van der Waals surface area contributed by atoms with Crippen molar-refractivity contribution < 1.29 is 9.21 Å². The highest BCUT2D eigenvalue weighted by atomic mass is 32.1. The second-order valence-corrected chi connectivity index (χ2v) is 8.01. The zero-order valence-electron chi connectivity index (χ0n) is 16.5. The van der Waals surface area contributed by atoms with Crippen molar-refractivity contribution in [3.8, 4) is 11.3 Å². The predicted molar refractivity (Wildman–Crippen MR) is 111 cm³/mol. The van der Waals surface area contributed by atoms with Gasteiger partial charge < -0.3 is 15.5 Å². The van der Waals surface area contributed by atoms with Crippen molar-refractivity contribution in [2.24, 2.45) is 13.0 Å². The number of carbonyl (C=O) groups is 1. The normalized spacial score (nSPS) is 11.2. The fraction of sp³-hybridized carbons (Fsp3) is 0.368. The molecule has 154 valence electrons. The van der Waals surface area contributed by atoms with Gasteiger partial charge in [0.05, 0.1) is 24.9 Å². The molecule has 1 amide bonds. The summed E-state index contributed by atoms with van der Waals surface area (Å²) >= 11 is 1.26. The largest absolute Gasteiger partial charge is 0.467 e. The summed E-state index contributed by atoms with van der Waals surface area (Å²) in [5.41, 5.74) is 5.74. The van der Waals surface area contributed by atoms with Gasteiger partial charge in [0, 0.05) is 19.0 Å². The summed E-state index contributed by atoms with van der Waals surface area (Å²) in [6, 6.07) is 3.52. The Labute approximate surface area is 170 Å². The van der Waals surface area contributed by atoms with E-state index in [9.17, 15) is 14.4 Å². The number of nitrogen functional groups attached to an aromatic ring is 1. The number of hydrogen-bond donors (Lipinski definition) is 2. The Morgan fingerprint density at radius 1 is 1.38 bits per heavy atom. The topological polar surface area (TPSA) is 125 Å². The number of furan rings is 1. The van der Waals surface area contributed by atoms with E-state index >= 15 is 0 Å². The van der Waals surface area contributed by atoms with Gasteiger partial charge in [-0.3, -0.25) is 18.7 Å². The quantitative estimate of drug-likeness (QED) is 0.598. The number of hydrogen-bond acceptors (Lipinski definition) is 7. The number of nitrogens with zero attached hydrogens (tertiary/aromatic N) is 3.